The molecule has 2 rings (SSSR count). The molecule has 0 saturated heterocycles. The highest BCUT2D eigenvalue weighted by Crippen LogP contribution is 2.12. The summed E-state index contributed by atoms with van der Waals surface area (Å²) < 4.78 is 5.18. The van der Waals surface area contributed by atoms with Crippen LogP contribution in [0.4, 0.5) is 5.69 Å². The van der Waals surface area contributed by atoms with Gasteiger partial charge in [0, 0.05) is 31.1 Å². The number of likely N-dealkylation sites (N-methyl/N-ethyl adjacent to an activating group) is 1. The molecule has 1 aromatic heterocycles. The van der Waals surface area contributed by atoms with Gasteiger partial charge in [0.15, 0.2) is 5.82 Å². The van der Waals surface area contributed by atoms with Crippen molar-refractivity contribution in [1.82, 2.24) is 15.5 Å². The summed E-state index contributed by atoms with van der Waals surface area (Å²) in [6.45, 7) is 3.54. The van der Waals surface area contributed by atoms with E-state index in [9.17, 15) is 4.79 Å². The Bertz CT molecular complexity index is 652. The van der Waals surface area contributed by atoms with E-state index in [1.807, 2.05) is 37.4 Å². The summed E-state index contributed by atoms with van der Waals surface area (Å²) in [5.74, 6) is 1.07. The number of amides is 1. The molecular formula is C16H21ClN4O2. The molecule has 0 bridgehead atoms. The molecule has 1 amide bonds. The van der Waals surface area contributed by atoms with Crippen LogP contribution < -0.4 is 10.6 Å². The quantitative estimate of drug-likeness (QED) is 0.847. The molecule has 124 valence electrons. The second-order valence-electron chi connectivity index (χ2n) is 5.08. The van der Waals surface area contributed by atoms with Crippen molar-refractivity contribution in [2.24, 2.45) is 0 Å². The van der Waals surface area contributed by atoms with Crippen molar-refractivity contribution in [2.75, 3.05) is 12.4 Å². The molecule has 2 aromatic rings. The Hall–Kier alpha value is -2.18. The molecule has 0 spiro atoms. The van der Waals surface area contributed by atoms with Crippen LogP contribution in [-0.4, -0.2) is 29.1 Å². The lowest BCUT2D eigenvalue weighted by Crippen LogP contribution is -2.24. The largest absolute Gasteiger partial charge is 0.335 e. The van der Waals surface area contributed by atoms with Gasteiger partial charge in [0.2, 0.25) is 5.91 Å². The monoisotopic (exact) mass is 336 g/mol. The number of rotatable bonds is 6. The Morgan fingerprint density at radius 1 is 1.30 bits per heavy atom. The number of halogens is 1. The summed E-state index contributed by atoms with van der Waals surface area (Å²) >= 11 is 0. The first-order valence-corrected chi connectivity index (χ1v) is 7.12. The Kier molecular flexibility index (Phi) is 7.44. The lowest BCUT2D eigenvalue weighted by atomic mass is 10.2. The number of nitrogens with one attached hydrogen (secondary N) is 2. The number of benzene rings is 1. The summed E-state index contributed by atoms with van der Waals surface area (Å²) in [4.78, 5) is 15.3. The lowest BCUT2D eigenvalue weighted by molar-refractivity contribution is -0.114. The van der Waals surface area contributed by atoms with Gasteiger partial charge in [-0.1, -0.05) is 17.3 Å². The van der Waals surface area contributed by atoms with Gasteiger partial charge in [-0.3, -0.25) is 4.79 Å². The van der Waals surface area contributed by atoms with Crippen molar-refractivity contribution in [3.05, 3.63) is 41.5 Å². The Balaban J connectivity index is 0.00000264. The van der Waals surface area contributed by atoms with Gasteiger partial charge in [0.1, 0.15) is 0 Å². The normalized spacial score (nSPS) is 12.0. The molecule has 0 aliphatic heterocycles. The Labute approximate surface area is 141 Å². The minimum atomic E-state index is -0.0857. The second-order valence-corrected chi connectivity index (χ2v) is 5.08. The summed E-state index contributed by atoms with van der Waals surface area (Å²) in [5, 5.41) is 9.79. The van der Waals surface area contributed by atoms with Crippen LogP contribution in [0.25, 0.3) is 12.2 Å². The van der Waals surface area contributed by atoms with Crippen LogP contribution in [0.3, 0.4) is 0 Å². The van der Waals surface area contributed by atoms with Gasteiger partial charge in [-0.2, -0.15) is 4.98 Å². The van der Waals surface area contributed by atoms with Crippen molar-refractivity contribution >= 4 is 36.2 Å². The molecule has 0 saturated carbocycles. The average Bonchev–Trinajstić information content (AvgIpc) is 2.93. The van der Waals surface area contributed by atoms with E-state index in [1.165, 1.54) is 6.92 Å². The molecule has 0 radical (unpaired) electrons. The Morgan fingerprint density at radius 3 is 2.61 bits per heavy atom. The number of hydrogen-bond acceptors (Lipinski definition) is 5. The fourth-order valence-electron chi connectivity index (χ4n) is 1.84. The maximum absolute atomic E-state index is 11.0. The van der Waals surface area contributed by atoms with Crippen LogP contribution in [0.2, 0.25) is 0 Å². The smallest absolute Gasteiger partial charge is 0.250 e. The number of nitrogens with zero attached hydrogens (tertiary/aromatic N) is 2. The molecule has 6 nitrogen and oxygen atoms in total. The van der Waals surface area contributed by atoms with E-state index in [2.05, 4.69) is 27.7 Å². The third-order valence-electron chi connectivity index (χ3n) is 3.11. The molecule has 0 aliphatic rings. The predicted molar refractivity (Wildman–Crippen MR) is 93.4 cm³/mol. The van der Waals surface area contributed by atoms with Crippen LogP contribution in [0, 0.1) is 0 Å². The minimum Gasteiger partial charge on any atom is -0.335 e. The number of anilines is 1. The molecule has 1 atom stereocenters. The Morgan fingerprint density at radius 2 is 2.00 bits per heavy atom. The van der Waals surface area contributed by atoms with Crippen molar-refractivity contribution in [3.63, 3.8) is 0 Å². The SMILES string of the molecule is CNC(C)Cc1noc(/C=C/c2ccc(NC(C)=O)cc2)n1.Cl. The van der Waals surface area contributed by atoms with Gasteiger partial charge in [0.25, 0.3) is 5.89 Å². The summed E-state index contributed by atoms with van der Waals surface area (Å²) in [6, 6.07) is 7.80. The van der Waals surface area contributed by atoms with Crippen molar-refractivity contribution in [2.45, 2.75) is 26.3 Å². The van der Waals surface area contributed by atoms with E-state index in [4.69, 9.17) is 4.52 Å². The van der Waals surface area contributed by atoms with Gasteiger partial charge in [-0.05, 0) is 37.7 Å². The van der Waals surface area contributed by atoms with Crippen LogP contribution >= 0.6 is 12.4 Å². The predicted octanol–water partition coefficient (Wildman–Crippen LogP) is 2.77. The molecule has 1 unspecified atom stereocenters. The van der Waals surface area contributed by atoms with Crippen LogP contribution in [0.15, 0.2) is 28.8 Å². The number of carbonyl (C=O) groups excluding carboxylic acids is 1. The number of carbonyl (C=O) groups is 1. The first-order valence-electron chi connectivity index (χ1n) is 7.12. The van der Waals surface area contributed by atoms with E-state index in [0.29, 0.717) is 17.8 Å². The van der Waals surface area contributed by atoms with Gasteiger partial charge < -0.3 is 15.2 Å². The van der Waals surface area contributed by atoms with Gasteiger partial charge in [-0.15, -0.1) is 12.4 Å². The fourth-order valence-corrected chi connectivity index (χ4v) is 1.84. The lowest BCUT2D eigenvalue weighted by Gasteiger charge is -2.04. The molecule has 7 heteroatoms. The molecule has 2 N–H and O–H groups in total. The van der Waals surface area contributed by atoms with Gasteiger partial charge in [0.05, 0.1) is 0 Å². The standard InChI is InChI=1S/C16H20N4O2.ClH/c1-11(17-3)10-15-19-16(22-20-15)9-6-13-4-7-14(8-5-13)18-12(2)21;/h4-9,11,17H,10H2,1-3H3,(H,18,21);1H/b9-6+;. The zero-order valence-electron chi connectivity index (χ0n) is 13.4. The highest BCUT2D eigenvalue weighted by Gasteiger charge is 2.07. The molecule has 0 fully saturated rings. The molecule has 1 aromatic carbocycles. The van der Waals surface area contributed by atoms with Crippen LogP contribution in [-0.2, 0) is 11.2 Å². The zero-order chi connectivity index (χ0) is 15.9. The van der Waals surface area contributed by atoms with Crippen molar-refractivity contribution in [3.8, 4) is 0 Å². The molecular weight excluding hydrogens is 316 g/mol. The van der Waals surface area contributed by atoms with E-state index in [1.54, 1.807) is 6.08 Å². The highest BCUT2D eigenvalue weighted by atomic mass is 35.5. The number of aromatic nitrogens is 2. The van der Waals surface area contributed by atoms with E-state index < -0.39 is 0 Å². The van der Waals surface area contributed by atoms with Gasteiger partial charge >= 0.3 is 0 Å². The fraction of sp³-hybridized carbons (Fsp3) is 0.312. The minimum absolute atomic E-state index is 0. The topological polar surface area (TPSA) is 80.0 Å². The average molecular weight is 337 g/mol. The van der Waals surface area contributed by atoms with E-state index >= 15 is 0 Å². The summed E-state index contributed by atoms with van der Waals surface area (Å²) in [5.41, 5.74) is 1.75. The van der Waals surface area contributed by atoms with E-state index in [0.717, 1.165) is 17.7 Å². The van der Waals surface area contributed by atoms with E-state index in [-0.39, 0.29) is 18.3 Å². The van der Waals surface area contributed by atoms with Crippen molar-refractivity contribution in [1.29, 1.82) is 0 Å². The van der Waals surface area contributed by atoms with Crippen molar-refractivity contribution < 1.29 is 9.32 Å². The molecule has 0 aliphatic carbocycles. The maximum atomic E-state index is 11.0. The third kappa shape index (κ3) is 6.22. The van der Waals surface area contributed by atoms with Gasteiger partial charge in [-0.25, -0.2) is 0 Å². The highest BCUT2D eigenvalue weighted by molar-refractivity contribution is 5.88. The first kappa shape index (κ1) is 18.9. The third-order valence-corrected chi connectivity index (χ3v) is 3.11. The molecule has 1 heterocycles. The second kappa shape index (κ2) is 9.07. The zero-order valence-corrected chi connectivity index (χ0v) is 14.2. The number of hydrogen-bond donors (Lipinski definition) is 2. The van der Waals surface area contributed by atoms with Crippen LogP contribution in [0.1, 0.15) is 31.1 Å². The summed E-state index contributed by atoms with van der Waals surface area (Å²) in [7, 11) is 1.90. The molecule has 23 heavy (non-hydrogen) atoms. The summed E-state index contributed by atoms with van der Waals surface area (Å²) in [6.07, 6.45) is 4.38. The van der Waals surface area contributed by atoms with Crippen LogP contribution in [0.5, 0.6) is 0 Å². The maximum Gasteiger partial charge on any atom is 0.250 e. The first-order chi connectivity index (χ1) is 10.6.